The Balaban J connectivity index is 3.04. The van der Waals surface area contributed by atoms with Crippen molar-refractivity contribution < 1.29 is 25.2 Å². The quantitative estimate of drug-likeness (QED) is 0.472. The van der Waals surface area contributed by atoms with E-state index in [9.17, 15) is 20.1 Å². The first-order chi connectivity index (χ1) is 9.70. The minimum atomic E-state index is -1.66. The van der Waals surface area contributed by atoms with Crippen LogP contribution in [0, 0.1) is 0 Å². The van der Waals surface area contributed by atoms with Gasteiger partial charge in [0, 0.05) is 0 Å². The molecule has 1 aliphatic rings. The summed E-state index contributed by atoms with van der Waals surface area (Å²) in [5.41, 5.74) is 3.92. The van der Waals surface area contributed by atoms with Crippen molar-refractivity contribution in [3.8, 4) is 0 Å². The number of carbonyl (C=O) groups excluding carboxylic acids is 1. The van der Waals surface area contributed by atoms with Crippen LogP contribution in [0.4, 0.5) is 4.79 Å². The number of rotatable bonds is 6. The second-order valence-corrected chi connectivity index (χ2v) is 5.40. The highest BCUT2D eigenvalue weighted by Crippen LogP contribution is 2.15. The molecular weight excluding hydrogens is 280 g/mol. The van der Waals surface area contributed by atoms with Crippen molar-refractivity contribution in [3.63, 3.8) is 0 Å². The van der Waals surface area contributed by atoms with Gasteiger partial charge in [0.1, 0.15) is 18.3 Å². The number of hydrazone groups is 1. The number of nitrogens with zero attached hydrogens (tertiary/aromatic N) is 4. The molecule has 21 heavy (non-hydrogen) atoms. The van der Waals surface area contributed by atoms with E-state index in [1.165, 1.54) is 0 Å². The van der Waals surface area contributed by atoms with Gasteiger partial charge in [-0.3, -0.25) is 0 Å². The predicted molar refractivity (Wildman–Crippen MR) is 74.0 cm³/mol. The van der Waals surface area contributed by atoms with Gasteiger partial charge in [-0.1, -0.05) is 0 Å². The molecule has 121 valence electrons. The van der Waals surface area contributed by atoms with Crippen molar-refractivity contribution in [2.24, 2.45) is 5.10 Å². The van der Waals surface area contributed by atoms with Gasteiger partial charge >= 0.3 is 6.03 Å². The van der Waals surface area contributed by atoms with Crippen LogP contribution in [0.2, 0.25) is 0 Å². The fourth-order valence-corrected chi connectivity index (χ4v) is 1.69. The summed E-state index contributed by atoms with van der Waals surface area (Å²) >= 11 is 0. The lowest BCUT2D eigenvalue weighted by Gasteiger charge is -2.37. The second kappa shape index (κ2) is 7.03. The Hall–Kier alpha value is -1.42. The van der Waals surface area contributed by atoms with Crippen molar-refractivity contribution >= 4 is 11.9 Å². The molecule has 3 atom stereocenters. The minimum Gasteiger partial charge on any atom is -0.394 e. The van der Waals surface area contributed by atoms with Gasteiger partial charge in [0.15, 0.2) is 0 Å². The van der Waals surface area contributed by atoms with E-state index in [4.69, 9.17) is 5.11 Å². The Labute approximate surface area is 123 Å². The number of amidine groups is 1. The zero-order chi connectivity index (χ0) is 16.3. The van der Waals surface area contributed by atoms with Gasteiger partial charge < -0.3 is 20.4 Å². The summed E-state index contributed by atoms with van der Waals surface area (Å²) in [6.07, 6.45) is -4.81. The molecule has 2 amide bonds. The zero-order valence-electron chi connectivity index (χ0n) is 12.6. The first-order valence-corrected chi connectivity index (χ1v) is 6.78. The number of carbonyl (C=O) groups is 1. The van der Waals surface area contributed by atoms with E-state index in [0.717, 1.165) is 10.0 Å². The number of amides is 2. The maximum absolute atomic E-state index is 12.2. The van der Waals surface area contributed by atoms with Gasteiger partial charge in [-0.25, -0.2) is 14.8 Å². The molecule has 0 bridgehead atoms. The van der Waals surface area contributed by atoms with E-state index in [-0.39, 0.29) is 17.9 Å². The summed E-state index contributed by atoms with van der Waals surface area (Å²) in [5.74, 6) is -0.197. The lowest BCUT2D eigenvalue weighted by molar-refractivity contribution is -0.0586. The molecule has 0 fully saturated rings. The van der Waals surface area contributed by atoms with Gasteiger partial charge in [0.25, 0.3) is 0 Å². The SMILES string of the molecule is CC(C)N1[N]C([C@@H](O)[C@H](O)[C@H](O)CO)=NN(C(C)C)C1=O. The molecular formula is C12H23N4O5. The van der Waals surface area contributed by atoms with E-state index >= 15 is 0 Å². The fraction of sp³-hybridized carbons (Fsp3) is 0.833. The largest absolute Gasteiger partial charge is 0.394 e. The third-order valence-electron chi connectivity index (χ3n) is 2.96. The second-order valence-electron chi connectivity index (χ2n) is 5.40. The topological polar surface area (TPSA) is 131 Å². The van der Waals surface area contributed by atoms with Crippen LogP contribution < -0.4 is 5.43 Å². The molecule has 0 saturated carbocycles. The standard InChI is InChI=1S/C12H23N4O5/c1-6(2)15-12(21)16(7(3)4)14-11(13-15)10(20)9(19)8(18)5-17/h6-10,17-20H,5H2,1-4H3/t8-,9-,10+/m1/s1. The molecule has 0 aromatic rings. The van der Waals surface area contributed by atoms with Crippen LogP contribution >= 0.6 is 0 Å². The molecule has 4 N–H and O–H groups in total. The highest BCUT2D eigenvalue weighted by Gasteiger charge is 2.38. The van der Waals surface area contributed by atoms with Crippen LogP contribution in [0.1, 0.15) is 27.7 Å². The van der Waals surface area contributed by atoms with Crippen molar-refractivity contribution in [3.05, 3.63) is 0 Å². The van der Waals surface area contributed by atoms with E-state index in [1.54, 1.807) is 27.7 Å². The maximum Gasteiger partial charge on any atom is 0.361 e. The molecule has 0 aromatic heterocycles. The van der Waals surface area contributed by atoms with Crippen LogP contribution in [0.15, 0.2) is 5.10 Å². The molecule has 0 unspecified atom stereocenters. The number of urea groups is 1. The highest BCUT2D eigenvalue weighted by atomic mass is 16.4. The van der Waals surface area contributed by atoms with E-state index < -0.39 is 30.9 Å². The van der Waals surface area contributed by atoms with Crippen molar-refractivity contribution in [2.75, 3.05) is 6.61 Å². The third-order valence-corrected chi connectivity index (χ3v) is 2.96. The number of hydrogen-bond acceptors (Lipinski definition) is 6. The molecule has 9 nitrogen and oxygen atoms in total. The van der Waals surface area contributed by atoms with Crippen molar-refractivity contribution in [1.29, 1.82) is 0 Å². The first-order valence-electron chi connectivity index (χ1n) is 6.78. The van der Waals surface area contributed by atoms with Crippen LogP contribution in [0.5, 0.6) is 0 Å². The zero-order valence-corrected chi connectivity index (χ0v) is 12.6. The van der Waals surface area contributed by atoms with Crippen LogP contribution in [-0.2, 0) is 0 Å². The lowest BCUT2D eigenvalue weighted by Crippen LogP contribution is -2.60. The van der Waals surface area contributed by atoms with Crippen molar-refractivity contribution in [1.82, 2.24) is 15.4 Å². The number of aliphatic hydroxyl groups excluding tert-OH is 4. The Morgan fingerprint density at radius 1 is 1.05 bits per heavy atom. The summed E-state index contributed by atoms with van der Waals surface area (Å²) in [6, 6.07) is -0.971. The molecule has 0 aromatic carbocycles. The first kappa shape index (κ1) is 17.6. The Morgan fingerprint density at radius 2 is 1.57 bits per heavy atom. The molecule has 1 heterocycles. The van der Waals surface area contributed by atoms with E-state index in [2.05, 4.69) is 10.5 Å². The molecule has 1 aliphatic heterocycles. The average molecular weight is 303 g/mol. The van der Waals surface area contributed by atoms with Gasteiger partial charge in [-0.15, -0.1) is 10.5 Å². The summed E-state index contributed by atoms with van der Waals surface area (Å²) < 4.78 is 0. The molecule has 9 heteroatoms. The molecule has 0 aliphatic carbocycles. The van der Waals surface area contributed by atoms with E-state index in [1.807, 2.05) is 0 Å². The minimum absolute atomic E-state index is 0.197. The monoisotopic (exact) mass is 303 g/mol. The average Bonchev–Trinajstić information content (AvgIpc) is 2.44. The van der Waals surface area contributed by atoms with Crippen LogP contribution in [0.3, 0.4) is 0 Å². The van der Waals surface area contributed by atoms with E-state index in [0.29, 0.717) is 0 Å². The summed E-state index contributed by atoms with van der Waals surface area (Å²) in [4.78, 5) is 12.2. The fourth-order valence-electron chi connectivity index (χ4n) is 1.69. The maximum atomic E-state index is 12.2. The summed E-state index contributed by atoms with van der Waals surface area (Å²) in [5, 5.41) is 44.1. The third kappa shape index (κ3) is 3.82. The lowest BCUT2D eigenvalue weighted by atomic mass is 10.1. The Bertz CT molecular complexity index is 401. The van der Waals surface area contributed by atoms with Crippen LogP contribution in [-0.4, -0.2) is 79.3 Å². The Morgan fingerprint density at radius 3 is 2.00 bits per heavy atom. The molecule has 0 spiro atoms. The number of hydrogen-bond donors (Lipinski definition) is 4. The van der Waals surface area contributed by atoms with Gasteiger partial charge in [0.2, 0.25) is 5.84 Å². The molecule has 1 rings (SSSR count). The summed E-state index contributed by atoms with van der Waals surface area (Å²) in [7, 11) is 0. The molecule has 0 saturated heterocycles. The van der Waals surface area contributed by atoms with Crippen molar-refractivity contribution in [2.45, 2.75) is 58.1 Å². The summed E-state index contributed by atoms with van der Waals surface area (Å²) in [6.45, 7) is 6.26. The van der Waals surface area contributed by atoms with Gasteiger partial charge in [-0.05, 0) is 27.7 Å². The van der Waals surface area contributed by atoms with Crippen LogP contribution in [0.25, 0.3) is 0 Å². The Kier molecular flexibility index (Phi) is 5.90. The number of aliphatic hydroxyl groups is 4. The van der Waals surface area contributed by atoms with Gasteiger partial charge in [0.05, 0.1) is 18.7 Å². The predicted octanol–water partition coefficient (Wildman–Crippen LogP) is -1.55. The highest BCUT2D eigenvalue weighted by molar-refractivity contribution is 5.92. The smallest absolute Gasteiger partial charge is 0.361 e. The van der Waals surface area contributed by atoms with Gasteiger partial charge in [-0.2, -0.15) is 0 Å². The normalized spacial score (nSPS) is 20.5. The molecule has 1 radical (unpaired) electrons.